The zero-order valence-electron chi connectivity index (χ0n) is 16.7. The average Bonchev–Trinajstić information content (AvgIpc) is 3.26. The zero-order chi connectivity index (χ0) is 23.5. The average molecular weight is 540 g/mol. The molecule has 0 radical (unpaired) electrons. The number of para-hydroxylation sites is 1. The van der Waals surface area contributed by atoms with Gasteiger partial charge in [-0.3, -0.25) is 0 Å². The fraction of sp³-hybridized carbons (Fsp3) is 0.100. The van der Waals surface area contributed by atoms with Gasteiger partial charge in [0.2, 0.25) is 5.89 Å². The molecule has 9 nitrogen and oxygen atoms in total. The maximum absolute atomic E-state index is 11.9. The van der Waals surface area contributed by atoms with E-state index in [9.17, 15) is 13.2 Å². The second-order valence-electron chi connectivity index (χ2n) is 6.34. The molecule has 2 aromatic carbocycles. The Balaban J connectivity index is 2.15. The molecule has 0 aliphatic rings. The topological polar surface area (TPSA) is 138 Å². The number of aromatic nitrogens is 2. The number of ether oxygens (including phenoxy) is 1. The van der Waals surface area contributed by atoms with Crippen LogP contribution in [0.2, 0.25) is 5.02 Å². The van der Waals surface area contributed by atoms with E-state index in [4.69, 9.17) is 21.8 Å². The minimum Gasteiger partial charge on any atom is -0.464 e. The van der Waals surface area contributed by atoms with Crippen molar-refractivity contribution >= 4 is 54.7 Å². The number of esters is 1. The number of hydrogen-bond acceptors (Lipinski definition) is 9. The smallest absolute Gasteiger partial charge is 0.355 e. The van der Waals surface area contributed by atoms with E-state index in [0.717, 1.165) is 6.26 Å². The summed E-state index contributed by atoms with van der Waals surface area (Å²) in [5.74, 6) is -0.859. The molecule has 3 rings (SSSR count). The Bertz CT molecular complexity index is 1350. The minimum atomic E-state index is -3.44. The maximum atomic E-state index is 11.9. The van der Waals surface area contributed by atoms with E-state index in [2.05, 4.69) is 35.9 Å². The number of benzene rings is 2. The molecular formula is C20H16BrClN4O5S. The molecule has 0 atom stereocenters. The van der Waals surface area contributed by atoms with Crippen LogP contribution in [0.5, 0.6) is 0 Å². The molecule has 0 unspecified atom stereocenters. The first-order valence-electron chi connectivity index (χ1n) is 8.83. The van der Waals surface area contributed by atoms with Gasteiger partial charge < -0.3 is 14.9 Å². The van der Waals surface area contributed by atoms with Crippen LogP contribution in [0.3, 0.4) is 0 Å². The van der Waals surface area contributed by atoms with Crippen molar-refractivity contribution in [2.45, 2.75) is 4.90 Å². The summed E-state index contributed by atoms with van der Waals surface area (Å²) in [6.45, 7) is 0. The minimum absolute atomic E-state index is 0.0269. The lowest BCUT2D eigenvalue weighted by Gasteiger charge is -2.06. The molecule has 32 heavy (non-hydrogen) atoms. The summed E-state index contributed by atoms with van der Waals surface area (Å²) < 4.78 is 34.1. The van der Waals surface area contributed by atoms with Gasteiger partial charge in [-0.15, -0.1) is 10.2 Å². The number of halogens is 2. The van der Waals surface area contributed by atoms with Gasteiger partial charge >= 0.3 is 5.97 Å². The first-order valence-corrected chi connectivity index (χ1v) is 11.9. The molecule has 0 aliphatic carbocycles. The van der Waals surface area contributed by atoms with Crippen LogP contribution in [0.25, 0.3) is 11.5 Å². The first kappa shape index (κ1) is 23.6. The number of rotatable bonds is 6. The molecule has 12 heteroatoms. The molecule has 1 heterocycles. The van der Waals surface area contributed by atoms with E-state index < -0.39 is 15.8 Å². The Hall–Kier alpha value is -3.02. The van der Waals surface area contributed by atoms with Gasteiger partial charge in [0, 0.05) is 11.8 Å². The first-order chi connectivity index (χ1) is 15.1. The normalized spacial score (nSPS) is 12.9. The fourth-order valence-electron chi connectivity index (χ4n) is 2.48. The van der Waals surface area contributed by atoms with Crippen LogP contribution >= 0.6 is 27.5 Å². The molecule has 0 spiro atoms. The Labute approximate surface area is 197 Å². The van der Waals surface area contributed by atoms with Gasteiger partial charge in [0.1, 0.15) is 11.4 Å². The van der Waals surface area contributed by atoms with Gasteiger partial charge in [-0.2, -0.15) is 0 Å². The van der Waals surface area contributed by atoms with Crippen molar-refractivity contribution in [3.63, 3.8) is 0 Å². The number of nitrogens with zero attached hydrogens (tertiary/aromatic N) is 3. The number of nitrogens with two attached hydrogens (primary N) is 1. The summed E-state index contributed by atoms with van der Waals surface area (Å²) in [6, 6.07) is 12.8. The summed E-state index contributed by atoms with van der Waals surface area (Å²) >= 11 is 9.45. The molecule has 166 valence electrons. The van der Waals surface area contributed by atoms with Crippen LogP contribution in [-0.2, 0) is 19.4 Å². The third-order valence-electron chi connectivity index (χ3n) is 4.07. The summed E-state index contributed by atoms with van der Waals surface area (Å²) in [5, 5.41) is 8.30. The van der Waals surface area contributed by atoms with Crippen molar-refractivity contribution < 1.29 is 22.4 Å². The van der Waals surface area contributed by atoms with Gasteiger partial charge in [0.05, 0.1) is 27.2 Å². The number of sulfone groups is 1. The van der Waals surface area contributed by atoms with Crippen LogP contribution in [0.1, 0.15) is 5.89 Å². The van der Waals surface area contributed by atoms with E-state index in [-0.39, 0.29) is 32.6 Å². The van der Waals surface area contributed by atoms with E-state index in [0.29, 0.717) is 16.3 Å². The Kier molecular flexibility index (Phi) is 7.12. The monoisotopic (exact) mass is 538 g/mol. The lowest BCUT2D eigenvalue weighted by Crippen LogP contribution is -2.18. The van der Waals surface area contributed by atoms with Crippen molar-refractivity contribution in [1.29, 1.82) is 0 Å². The van der Waals surface area contributed by atoms with Crippen LogP contribution in [-0.4, -0.2) is 43.7 Å². The molecule has 2 N–H and O–H groups in total. The molecule has 0 bridgehead atoms. The van der Waals surface area contributed by atoms with Crippen molar-refractivity contribution in [3.8, 4) is 11.5 Å². The molecule has 0 fully saturated rings. The van der Waals surface area contributed by atoms with Crippen LogP contribution in [0, 0.1) is 0 Å². The third kappa shape index (κ3) is 5.23. The summed E-state index contributed by atoms with van der Waals surface area (Å²) in [5.41, 5.74) is 6.36. The SMILES string of the molecule is COC(=O)C(N)=C(Br)C(=Nc1ccccc1Cl)c1nnc(-c2cccc(S(C)(=O)=O)c2)o1. The van der Waals surface area contributed by atoms with Crippen LogP contribution in [0.15, 0.2) is 73.0 Å². The summed E-state index contributed by atoms with van der Waals surface area (Å²) in [6.07, 6.45) is 1.09. The van der Waals surface area contributed by atoms with Crippen LogP contribution < -0.4 is 5.73 Å². The summed E-state index contributed by atoms with van der Waals surface area (Å²) in [4.78, 5) is 16.5. The largest absolute Gasteiger partial charge is 0.464 e. The van der Waals surface area contributed by atoms with Crippen molar-refractivity contribution in [2.75, 3.05) is 13.4 Å². The standard InChI is InChI=1S/C20H16BrClN4O5S/c1-30-20(27)16(23)15(21)17(24-14-9-4-3-8-13(14)22)19-26-25-18(31-19)11-6-5-7-12(10-11)32(2,28)29/h3-10H,23H2,1-2H3. The number of carbonyl (C=O) groups excluding carboxylic acids is 1. The predicted molar refractivity (Wildman–Crippen MR) is 123 cm³/mol. The lowest BCUT2D eigenvalue weighted by molar-refractivity contribution is -0.136. The van der Waals surface area contributed by atoms with E-state index in [1.165, 1.54) is 19.2 Å². The predicted octanol–water partition coefficient (Wildman–Crippen LogP) is 3.65. The zero-order valence-corrected chi connectivity index (χ0v) is 19.9. The highest BCUT2D eigenvalue weighted by atomic mass is 79.9. The second-order valence-corrected chi connectivity index (χ2v) is 9.56. The number of carbonyl (C=O) groups is 1. The molecular weight excluding hydrogens is 524 g/mol. The lowest BCUT2D eigenvalue weighted by atomic mass is 10.2. The molecule has 0 amide bonds. The molecule has 0 saturated heterocycles. The quantitative estimate of drug-likeness (QED) is 0.285. The Morgan fingerprint density at radius 1 is 1.19 bits per heavy atom. The van der Waals surface area contributed by atoms with Crippen molar-refractivity contribution in [1.82, 2.24) is 10.2 Å². The van der Waals surface area contributed by atoms with E-state index in [1.54, 1.807) is 36.4 Å². The van der Waals surface area contributed by atoms with E-state index in [1.807, 2.05) is 0 Å². The highest BCUT2D eigenvalue weighted by Gasteiger charge is 2.23. The molecule has 1 aromatic heterocycles. The second kappa shape index (κ2) is 9.63. The molecule has 0 aliphatic heterocycles. The van der Waals surface area contributed by atoms with Gasteiger partial charge in [0.15, 0.2) is 9.84 Å². The number of hydrogen-bond donors (Lipinski definition) is 1. The highest BCUT2D eigenvalue weighted by molar-refractivity contribution is 9.12. The molecule has 0 saturated carbocycles. The van der Waals surface area contributed by atoms with Gasteiger partial charge in [-0.05, 0) is 46.3 Å². The fourth-order valence-corrected chi connectivity index (χ4v) is 3.74. The Morgan fingerprint density at radius 3 is 2.56 bits per heavy atom. The number of methoxy groups -OCH3 is 1. The summed E-state index contributed by atoms with van der Waals surface area (Å²) in [7, 11) is -2.26. The van der Waals surface area contributed by atoms with Gasteiger partial charge in [-0.1, -0.05) is 29.8 Å². The third-order valence-corrected chi connectivity index (χ3v) is 6.30. The van der Waals surface area contributed by atoms with Crippen molar-refractivity contribution in [2.24, 2.45) is 10.7 Å². The molecule has 3 aromatic rings. The van der Waals surface area contributed by atoms with Crippen LogP contribution in [0.4, 0.5) is 5.69 Å². The maximum Gasteiger partial charge on any atom is 0.355 e. The number of allylic oxidation sites excluding steroid dienone is 1. The Morgan fingerprint density at radius 2 is 1.91 bits per heavy atom. The number of aliphatic imine (C=N–C) groups is 1. The van der Waals surface area contributed by atoms with E-state index >= 15 is 0 Å². The van der Waals surface area contributed by atoms with Crippen molar-refractivity contribution in [3.05, 3.63) is 69.6 Å². The highest BCUT2D eigenvalue weighted by Crippen LogP contribution is 2.29. The van der Waals surface area contributed by atoms with Gasteiger partial charge in [0.25, 0.3) is 5.89 Å². The van der Waals surface area contributed by atoms with Gasteiger partial charge in [-0.25, -0.2) is 18.2 Å².